The van der Waals surface area contributed by atoms with Crippen molar-refractivity contribution in [1.82, 2.24) is 10.6 Å². The molecule has 0 radical (unpaired) electrons. The van der Waals surface area contributed by atoms with Crippen LogP contribution in [0.1, 0.15) is 38.2 Å². The van der Waals surface area contributed by atoms with Crippen LogP contribution >= 0.6 is 11.8 Å². The predicted octanol–water partition coefficient (Wildman–Crippen LogP) is 2.77. The number of guanidine groups is 1. The fourth-order valence-electron chi connectivity index (χ4n) is 2.63. The number of nitrogens with zero attached hydrogens (tertiary/aromatic N) is 1. The Morgan fingerprint density at radius 1 is 1.23 bits per heavy atom. The van der Waals surface area contributed by atoms with E-state index in [1.165, 1.54) is 10.5 Å². The van der Waals surface area contributed by atoms with Crippen molar-refractivity contribution < 1.29 is 5.11 Å². The molecular formula is C17H27N3OS. The molecule has 0 bridgehead atoms. The second-order valence-corrected chi connectivity index (χ2v) is 6.57. The van der Waals surface area contributed by atoms with Crippen LogP contribution in [0.4, 0.5) is 0 Å². The van der Waals surface area contributed by atoms with Crippen molar-refractivity contribution in [1.29, 1.82) is 0 Å². The fraction of sp³-hybridized carbons (Fsp3) is 0.588. The number of aliphatic hydroxyl groups excluding tert-OH is 1. The van der Waals surface area contributed by atoms with Crippen molar-refractivity contribution in [2.24, 2.45) is 4.99 Å². The average Bonchev–Trinajstić information content (AvgIpc) is 2.55. The Kier molecular flexibility index (Phi) is 7.06. The fourth-order valence-corrected chi connectivity index (χ4v) is 3.04. The maximum Gasteiger partial charge on any atom is 0.191 e. The molecule has 0 aromatic heterocycles. The maximum atomic E-state index is 9.58. The lowest BCUT2D eigenvalue weighted by Gasteiger charge is -2.27. The van der Waals surface area contributed by atoms with Gasteiger partial charge in [-0.2, -0.15) is 0 Å². The zero-order valence-corrected chi connectivity index (χ0v) is 14.3. The summed E-state index contributed by atoms with van der Waals surface area (Å²) in [6, 6.07) is 8.96. The highest BCUT2D eigenvalue weighted by atomic mass is 32.2. The molecule has 1 aliphatic carbocycles. The van der Waals surface area contributed by atoms with E-state index in [4.69, 9.17) is 0 Å². The minimum absolute atomic E-state index is 0.118. The van der Waals surface area contributed by atoms with Crippen molar-refractivity contribution in [3.8, 4) is 0 Å². The number of aliphatic imine (C=N–C) groups is 1. The van der Waals surface area contributed by atoms with Gasteiger partial charge in [-0.1, -0.05) is 12.1 Å². The molecule has 2 rings (SSSR count). The van der Waals surface area contributed by atoms with Crippen molar-refractivity contribution in [3.63, 3.8) is 0 Å². The van der Waals surface area contributed by atoms with Gasteiger partial charge in [0.2, 0.25) is 0 Å². The van der Waals surface area contributed by atoms with E-state index < -0.39 is 0 Å². The summed E-state index contributed by atoms with van der Waals surface area (Å²) in [5.74, 6) is 0.873. The standard InChI is InChI=1S/C17H27N3OS/c1-3-18-17(20-14-6-8-15(21)9-7-14)19-12-13-4-10-16(22-2)11-5-13/h4-5,10-11,14-15,21H,3,6-9,12H2,1-2H3,(H2,18,19,20). The smallest absolute Gasteiger partial charge is 0.191 e. The molecule has 4 nitrogen and oxygen atoms in total. The van der Waals surface area contributed by atoms with Crippen molar-refractivity contribution in [2.45, 2.75) is 56.2 Å². The van der Waals surface area contributed by atoms with Gasteiger partial charge in [0.1, 0.15) is 0 Å². The lowest BCUT2D eigenvalue weighted by molar-refractivity contribution is 0.120. The highest BCUT2D eigenvalue weighted by Gasteiger charge is 2.19. The molecule has 0 saturated heterocycles. The molecule has 0 spiro atoms. The van der Waals surface area contributed by atoms with Crippen molar-refractivity contribution in [2.75, 3.05) is 12.8 Å². The largest absolute Gasteiger partial charge is 0.393 e. The van der Waals surface area contributed by atoms with E-state index in [9.17, 15) is 5.11 Å². The van der Waals surface area contributed by atoms with E-state index in [0.717, 1.165) is 38.2 Å². The van der Waals surface area contributed by atoms with Crippen LogP contribution in [0, 0.1) is 0 Å². The van der Waals surface area contributed by atoms with Crippen molar-refractivity contribution >= 4 is 17.7 Å². The van der Waals surface area contributed by atoms with Gasteiger partial charge in [0.25, 0.3) is 0 Å². The van der Waals surface area contributed by atoms with Crippen LogP contribution in [0.5, 0.6) is 0 Å². The zero-order valence-electron chi connectivity index (χ0n) is 13.5. The number of hydrogen-bond donors (Lipinski definition) is 3. The molecule has 0 amide bonds. The Bertz CT molecular complexity index is 467. The summed E-state index contributed by atoms with van der Waals surface area (Å²) in [4.78, 5) is 5.95. The van der Waals surface area contributed by atoms with Crippen molar-refractivity contribution in [3.05, 3.63) is 29.8 Å². The summed E-state index contributed by atoms with van der Waals surface area (Å²) in [6.45, 7) is 3.61. The topological polar surface area (TPSA) is 56.7 Å². The number of benzene rings is 1. The average molecular weight is 321 g/mol. The number of nitrogens with one attached hydrogen (secondary N) is 2. The van der Waals surface area contributed by atoms with E-state index in [1.807, 2.05) is 0 Å². The van der Waals surface area contributed by atoms with Gasteiger partial charge in [-0.05, 0) is 56.6 Å². The van der Waals surface area contributed by atoms with Gasteiger partial charge in [0, 0.05) is 17.5 Å². The Hall–Kier alpha value is -1.20. The third-order valence-corrected chi connectivity index (χ3v) is 4.70. The molecule has 5 heteroatoms. The minimum Gasteiger partial charge on any atom is -0.393 e. The normalized spacial score (nSPS) is 22.4. The summed E-state index contributed by atoms with van der Waals surface area (Å²) in [5, 5.41) is 16.4. The van der Waals surface area contributed by atoms with E-state index >= 15 is 0 Å². The van der Waals surface area contributed by atoms with Gasteiger partial charge in [-0.15, -0.1) is 11.8 Å². The first-order valence-electron chi connectivity index (χ1n) is 8.07. The van der Waals surface area contributed by atoms with Gasteiger partial charge in [0.05, 0.1) is 12.6 Å². The van der Waals surface area contributed by atoms with Crippen LogP contribution in [0.25, 0.3) is 0 Å². The van der Waals surface area contributed by atoms with Crippen LogP contribution in [-0.2, 0) is 6.54 Å². The van der Waals surface area contributed by atoms with Gasteiger partial charge >= 0.3 is 0 Å². The molecule has 122 valence electrons. The second kappa shape index (κ2) is 9.06. The van der Waals surface area contributed by atoms with Gasteiger partial charge in [-0.25, -0.2) is 4.99 Å². The van der Waals surface area contributed by atoms with Crippen LogP contribution in [0.15, 0.2) is 34.2 Å². The van der Waals surface area contributed by atoms with E-state index in [2.05, 4.69) is 53.1 Å². The molecule has 0 atom stereocenters. The molecule has 1 aliphatic rings. The maximum absolute atomic E-state index is 9.58. The van der Waals surface area contributed by atoms with E-state index in [-0.39, 0.29) is 6.10 Å². The zero-order chi connectivity index (χ0) is 15.8. The number of aliphatic hydroxyl groups is 1. The van der Waals surface area contributed by atoms with E-state index in [1.54, 1.807) is 11.8 Å². The molecule has 0 unspecified atom stereocenters. The third kappa shape index (κ3) is 5.54. The number of hydrogen-bond acceptors (Lipinski definition) is 3. The Labute approximate surface area is 137 Å². The van der Waals surface area contributed by atoms with Gasteiger partial charge < -0.3 is 15.7 Å². The Morgan fingerprint density at radius 2 is 1.91 bits per heavy atom. The second-order valence-electron chi connectivity index (χ2n) is 5.69. The van der Waals surface area contributed by atoms with Crippen LogP contribution < -0.4 is 10.6 Å². The Balaban J connectivity index is 1.91. The minimum atomic E-state index is -0.118. The summed E-state index contributed by atoms with van der Waals surface area (Å²) in [5.41, 5.74) is 1.22. The molecule has 0 aliphatic heterocycles. The molecule has 1 aromatic rings. The third-order valence-electron chi connectivity index (χ3n) is 3.96. The summed E-state index contributed by atoms with van der Waals surface area (Å²) in [6.07, 6.45) is 5.75. The highest BCUT2D eigenvalue weighted by molar-refractivity contribution is 7.98. The van der Waals surface area contributed by atoms with Crippen LogP contribution in [-0.4, -0.2) is 36.0 Å². The first kappa shape index (κ1) is 17.2. The Morgan fingerprint density at radius 3 is 2.50 bits per heavy atom. The SMILES string of the molecule is CCNC(=NCc1ccc(SC)cc1)NC1CCC(O)CC1. The highest BCUT2D eigenvalue weighted by Crippen LogP contribution is 2.18. The lowest BCUT2D eigenvalue weighted by Crippen LogP contribution is -2.45. The van der Waals surface area contributed by atoms with Crippen LogP contribution in [0.2, 0.25) is 0 Å². The molecule has 3 N–H and O–H groups in total. The number of rotatable bonds is 5. The predicted molar refractivity (Wildman–Crippen MR) is 94.4 cm³/mol. The molecule has 1 aromatic carbocycles. The first-order valence-corrected chi connectivity index (χ1v) is 9.29. The summed E-state index contributed by atoms with van der Waals surface area (Å²) in [7, 11) is 0. The van der Waals surface area contributed by atoms with Gasteiger partial charge in [0.15, 0.2) is 5.96 Å². The molecule has 1 saturated carbocycles. The quantitative estimate of drug-likeness (QED) is 0.443. The van der Waals surface area contributed by atoms with Gasteiger partial charge in [-0.3, -0.25) is 0 Å². The molecule has 1 fully saturated rings. The monoisotopic (exact) mass is 321 g/mol. The molecule has 22 heavy (non-hydrogen) atoms. The summed E-state index contributed by atoms with van der Waals surface area (Å²) < 4.78 is 0. The summed E-state index contributed by atoms with van der Waals surface area (Å²) >= 11 is 1.75. The lowest BCUT2D eigenvalue weighted by atomic mass is 9.93. The number of thioether (sulfide) groups is 1. The first-order chi connectivity index (χ1) is 10.7. The van der Waals surface area contributed by atoms with Crippen LogP contribution in [0.3, 0.4) is 0 Å². The molecule has 0 heterocycles. The molecular weight excluding hydrogens is 294 g/mol. The van der Waals surface area contributed by atoms with E-state index in [0.29, 0.717) is 12.6 Å².